The Balaban J connectivity index is 2.62. The lowest BCUT2D eigenvalue weighted by Crippen LogP contribution is -2.39. The molecular formula is C12H18N6OS. The number of nitrogen functional groups attached to an aromatic ring is 1. The average Bonchev–Trinajstić information content (AvgIpc) is 2.74. The zero-order chi connectivity index (χ0) is 14.9. The van der Waals surface area contributed by atoms with Crippen LogP contribution in [0.4, 0.5) is 11.8 Å². The van der Waals surface area contributed by atoms with Crippen molar-refractivity contribution < 1.29 is 4.79 Å². The van der Waals surface area contributed by atoms with Crippen LogP contribution in [0.5, 0.6) is 0 Å². The average molecular weight is 294 g/mol. The van der Waals surface area contributed by atoms with Crippen LogP contribution in [0.25, 0.3) is 10.2 Å². The van der Waals surface area contributed by atoms with Gasteiger partial charge in [-0.1, -0.05) is 0 Å². The van der Waals surface area contributed by atoms with Crippen molar-refractivity contribution in [2.45, 2.75) is 26.8 Å². The molecule has 108 valence electrons. The van der Waals surface area contributed by atoms with Crippen molar-refractivity contribution in [2.75, 3.05) is 16.9 Å². The highest BCUT2D eigenvalue weighted by atomic mass is 32.1. The molecule has 0 aromatic carbocycles. The van der Waals surface area contributed by atoms with Gasteiger partial charge in [0, 0.05) is 10.9 Å². The predicted molar refractivity (Wildman–Crippen MR) is 81.6 cm³/mol. The minimum absolute atomic E-state index is 0.0754. The van der Waals surface area contributed by atoms with Crippen LogP contribution in [-0.2, 0) is 4.79 Å². The molecule has 0 saturated carbocycles. The highest BCUT2D eigenvalue weighted by Crippen LogP contribution is 2.32. The normalized spacial score (nSPS) is 11.1. The van der Waals surface area contributed by atoms with Gasteiger partial charge in [-0.25, -0.2) is 10.8 Å². The number of fused-ring (bicyclic) bond motifs is 1. The summed E-state index contributed by atoms with van der Waals surface area (Å²) in [6.07, 6.45) is 0. The number of anilines is 2. The highest BCUT2D eigenvalue weighted by Gasteiger charge is 2.20. The van der Waals surface area contributed by atoms with E-state index in [0.29, 0.717) is 11.8 Å². The van der Waals surface area contributed by atoms with E-state index in [0.717, 1.165) is 15.1 Å². The maximum atomic E-state index is 11.3. The van der Waals surface area contributed by atoms with Crippen molar-refractivity contribution in [2.24, 2.45) is 11.6 Å². The molecule has 0 aliphatic carbocycles. The molecule has 0 aliphatic rings. The lowest BCUT2D eigenvalue weighted by molar-refractivity contribution is -0.116. The quantitative estimate of drug-likeness (QED) is 0.560. The topological polar surface area (TPSA) is 110 Å². The summed E-state index contributed by atoms with van der Waals surface area (Å²) in [5, 5.41) is 0.904. The van der Waals surface area contributed by atoms with Crippen LogP contribution in [0.3, 0.4) is 0 Å². The van der Waals surface area contributed by atoms with Crippen molar-refractivity contribution in [1.29, 1.82) is 0 Å². The van der Waals surface area contributed by atoms with E-state index in [1.165, 1.54) is 0 Å². The van der Waals surface area contributed by atoms with Crippen LogP contribution in [0.1, 0.15) is 18.7 Å². The first-order valence-corrected chi connectivity index (χ1v) is 7.03. The van der Waals surface area contributed by atoms with Gasteiger partial charge in [-0.15, -0.1) is 11.3 Å². The fourth-order valence-corrected chi connectivity index (χ4v) is 2.85. The maximum Gasteiger partial charge on any atom is 0.240 e. The predicted octanol–water partition coefficient (Wildman–Crippen LogP) is 0.985. The molecule has 20 heavy (non-hydrogen) atoms. The van der Waals surface area contributed by atoms with Crippen molar-refractivity contribution in [3.8, 4) is 0 Å². The lowest BCUT2D eigenvalue weighted by atomic mass is 10.2. The van der Waals surface area contributed by atoms with Crippen LogP contribution < -0.4 is 21.9 Å². The first kappa shape index (κ1) is 14.5. The number of amides is 1. The number of carbonyl (C=O) groups excluding carboxylic acids is 1. The molecule has 2 aromatic heterocycles. The fourth-order valence-electron chi connectivity index (χ4n) is 1.98. The molecule has 7 nitrogen and oxygen atoms in total. The van der Waals surface area contributed by atoms with Gasteiger partial charge in [0.1, 0.15) is 10.6 Å². The standard InChI is InChI=1S/C12H18N6OS/c1-6(2)18(5-9(13)19)10-8-4-7(3)20-11(8)16-12(15-10)17-14/h4,6H,5,14H2,1-3H3,(H2,13,19)(H,15,16,17). The number of aryl methyl sites for hydroxylation is 1. The minimum atomic E-state index is -0.403. The third-order valence-electron chi connectivity index (χ3n) is 2.85. The maximum absolute atomic E-state index is 11.3. The van der Waals surface area contributed by atoms with Gasteiger partial charge in [-0.2, -0.15) is 4.98 Å². The first-order chi connectivity index (χ1) is 9.42. The van der Waals surface area contributed by atoms with Crippen LogP contribution in [0.2, 0.25) is 0 Å². The fraction of sp³-hybridized carbons (Fsp3) is 0.417. The third-order valence-corrected chi connectivity index (χ3v) is 3.79. The number of nitrogens with one attached hydrogen (secondary N) is 1. The van der Waals surface area contributed by atoms with E-state index in [1.807, 2.05) is 31.7 Å². The second-order valence-corrected chi connectivity index (χ2v) is 6.01. The van der Waals surface area contributed by atoms with E-state index in [-0.39, 0.29) is 12.6 Å². The zero-order valence-electron chi connectivity index (χ0n) is 11.7. The molecule has 8 heteroatoms. The summed E-state index contributed by atoms with van der Waals surface area (Å²) in [4.78, 5) is 23.8. The van der Waals surface area contributed by atoms with Crippen LogP contribution >= 0.6 is 11.3 Å². The molecule has 0 fully saturated rings. The van der Waals surface area contributed by atoms with Gasteiger partial charge in [-0.3, -0.25) is 10.2 Å². The van der Waals surface area contributed by atoms with Gasteiger partial charge in [0.15, 0.2) is 0 Å². The molecule has 2 aromatic rings. The van der Waals surface area contributed by atoms with Gasteiger partial charge >= 0.3 is 0 Å². The molecule has 0 aliphatic heterocycles. The third kappa shape index (κ3) is 2.81. The number of nitrogens with two attached hydrogens (primary N) is 2. The Morgan fingerprint density at radius 2 is 2.20 bits per heavy atom. The van der Waals surface area contributed by atoms with Crippen molar-refractivity contribution >= 4 is 39.2 Å². The molecule has 0 atom stereocenters. The molecule has 2 rings (SSSR count). The number of rotatable bonds is 5. The number of hydrazine groups is 1. The molecule has 2 heterocycles. The Morgan fingerprint density at radius 1 is 1.50 bits per heavy atom. The molecule has 0 radical (unpaired) electrons. The zero-order valence-corrected chi connectivity index (χ0v) is 12.5. The van der Waals surface area contributed by atoms with Crippen LogP contribution in [0.15, 0.2) is 6.07 Å². The monoisotopic (exact) mass is 294 g/mol. The Hall–Kier alpha value is -1.93. The second-order valence-electron chi connectivity index (χ2n) is 4.78. The molecule has 0 unspecified atom stereocenters. The number of thiophene rings is 1. The SMILES string of the molecule is Cc1cc2c(N(CC(N)=O)C(C)C)nc(NN)nc2s1. The molecular weight excluding hydrogens is 276 g/mol. The van der Waals surface area contributed by atoms with Crippen molar-refractivity contribution in [3.63, 3.8) is 0 Å². The largest absolute Gasteiger partial charge is 0.368 e. The van der Waals surface area contributed by atoms with E-state index in [4.69, 9.17) is 11.6 Å². The summed E-state index contributed by atoms with van der Waals surface area (Å²) >= 11 is 1.55. The summed E-state index contributed by atoms with van der Waals surface area (Å²) < 4.78 is 0. The van der Waals surface area contributed by atoms with E-state index < -0.39 is 5.91 Å². The van der Waals surface area contributed by atoms with Crippen LogP contribution in [-0.4, -0.2) is 28.5 Å². The number of aromatic nitrogens is 2. The molecule has 1 amide bonds. The summed E-state index contributed by atoms with van der Waals surface area (Å²) in [5.41, 5.74) is 7.78. The summed E-state index contributed by atoms with van der Waals surface area (Å²) in [6.45, 7) is 6.06. The van der Waals surface area contributed by atoms with Gasteiger partial charge in [0.05, 0.1) is 11.9 Å². The lowest BCUT2D eigenvalue weighted by Gasteiger charge is -2.27. The minimum Gasteiger partial charge on any atom is -0.368 e. The number of nitrogens with zero attached hydrogens (tertiary/aromatic N) is 3. The van der Waals surface area contributed by atoms with Crippen LogP contribution in [0, 0.1) is 6.92 Å². The number of primary amides is 1. The second kappa shape index (κ2) is 5.59. The first-order valence-electron chi connectivity index (χ1n) is 6.22. The molecule has 0 bridgehead atoms. The van der Waals surface area contributed by atoms with Gasteiger partial charge in [0.25, 0.3) is 0 Å². The van der Waals surface area contributed by atoms with Gasteiger partial charge in [0.2, 0.25) is 11.9 Å². The number of carbonyl (C=O) groups is 1. The smallest absolute Gasteiger partial charge is 0.240 e. The Morgan fingerprint density at radius 3 is 2.75 bits per heavy atom. The highest BCUT2D eigenvalue weighted by molar-refractivity contribution is 7.18. The Labute approximate surface area is 121 Å². The molecule has 0 spiro atoms. The summed E-state index contributed by atoms with van der Waals surface area (Å²) in [5.74, 6) is 6.00. The summed E-state index contributed by atoms with van der Waals surface area (Å²) in [7, 11) is 0. The number of hydrogen-bond donors (Lipinski definition) is 3. The number of hydrogen-bond acceptors (Lipinski definition) is 7. The van der Waals surface area contributed by atoms with E-state index in [2.05, 4.69) is 15.4 Å². The van der Waals surface area contributed by atoms with E-state index in [9.17, 15) is 4.79 Å². The van der Waals surface area contributed by atoms with Gasteiger partial charge < -0.3 is 10.6 Å². The van der Waals surface area contributed by atoms with Crippen molar-refractivity contribution in [3.05, 3.63) is 10.9 Å². The van der Waals surface area contributed by atoms with Crippen molar-refractivity contribution in [1.82, 2.24) is 9.97 Å². The van der Waals surface area contributed by atoms with E-state index in [1.54, 1.807) is 11.3 Å². The van der Waals surface area contributed by atoms with E-state index >= 15 is 0 Å². The molecule has 0 saturated heterocycles. The Bertz CT molecular complexity index is 638. The van der Waals surface area contributed by atoms with Gasteiger partial charge in [-0.05, 0) is 26.8 Å². The molecule has 5 N–H and O–H groups in total. The Kier molecular flexibility index (Phi) is 4.05. The summed E-state index contributed by atoms with van der Waals surface area (Å²) in [6, 6.07) is 2.08.